The monoisotopic (exact) mass is 409 g/mol. The fourth-order valence-electron chi connectivity index (χ4n) is 3.18. The van der Waals surface area contributed by atoms with Crippen molar-refractivity contribution >= 4 is 40.4 Å². The fraction of sp³-hybridized carbons (Fsp3) is 0.273. The highest BCUT2D eigenvalue weighted by atomic mass is 35.5. The van der Waals surface area contributed by atoms with Gasteiger partial charge in [-0.15, -0.1) is 0 Å². The van der Waals surface area contributed by atoms with Gasteiger partial charge in [0.05, 0.1) is 19.4 Å². The van der Waals surface area contributed by atoms with E-state index in [4.69, 9.17) is 16.3 Å². The van der Waals surface area contributed by atoms with Crippen LogP contribution in [0.5, 0.6) is 0 Å². The molecule has 150 valence electrons. The molecule has 0 atom stereocenters. The second-order valence-corrected chi connectivity index (χ2v) is 7.24. The van der Waals surface area contributed by atoms with Crippen molar-refractivity contribution in [1.82, 2.24) is 9.97 Å². The Balaban J connectivity index is 1.45. The molecule has 0 radical (unpaired) electrons. The van der Waals surface area contributed by atoms with Crippen LogP contribution in [0.1, 0.15) is 12.5 Å². The molecule has 1 aliphatic rings. The standard InChI is InChI=1S/C22H24ClN5O/c1-2-16-3-5-18(6-4-16)26-22-24-15-20(23)21(27-22)25-17-7-9-19(10-8-17)28-11-13-29-14-12-28/h3-10,15H,2,11-14H2,1H3,(H2,24,25,26,27). The summed E-state index contributed by atoms with van der Waals surface area (Å²) >= 11 is 6.30. The molecule has 0 bridgehead atoms. The average Bonchev–Trinajstić information content (AvgIpc) is 2.78. The van der Waals surface area contributed by atoms with Crippen LogP contribution >= 0.6 is 11.6 Å². The molecule has 4 rings (SSSR count). The minimum absolute atomic E-state index is 0.467. The third-order valence-electron chi connectivity index (χ3n) is 4.87. The van der Waals surface area contributed by atoms with E-state index in [1.165, 1.54) is 11.3 Å². The summed E-state index contributed by atoms with van der Waals surface area (Å²) in [4.78, 5) is 11.1. The van der Waals surface area contributed by atoms with E-state index in [1.54, 1.807) is 6.20 Å². The van der Waals surface area contributed by atoms with Crippen LogP contribution in [-0.2, 0) is 11.2 Å². The highest BCUT2D eigenvalue weighted by Gasteiger charge is 2.11. The normalized spacial score (nSPS) is 13.9. The number of halogens is 1. The van der Waals surface area contributed by atoms with Crippen LogP contribution in [0.2, 0.25) is 5.02 Å². The van der Waals surface area contributed by atoms with Gasteiger partial charge in [-0.05, 0) is 48.4 Å². The number of hydrogen-bond acceptors (Lipinski definition) is 6. The lowest BCUT2D eigenvalue weighted by Crippen LogP contribution is -2.36. The van der Waals surface area contributed by atoms with Crippen LogP contribution in [0.15, 0.2) is 54.7 Å². The van der Waals surface area contributed by atoms with Crippen molar-refractivity contribution in [2.45, 2.75) is 13.3 Å². The fourth-order valence-corrected chi connectivity index (χ4v) is 3.32. The Labute approximate surface area is 175 Å². The smallest absolute Gasteiger partial charge is 0.229 e. The maximum atomic E-state index is 6.30. The first-order valence-electron chi connectivity index (χ1n) is 9.79. The van der Waals surface area contributed by atoms with Gasteiger partial charge < -0.3 is 20.3 Å². The SMILES string of the molecule is CCc1ccc(Nc2ncc(Cl)c(Nc3ccc(N4CCOCC4)cc3)n2)cc1. The Kier molecular flexibility index (Phi) is 6.12. The third-order valence-corrected chi connectivity index (χ3v) is 5.15. The molecule has 1 aliphatic heterocycles. The van der Waals surface area contributed by atoms with Gasteiger partial charge in [-0.3, -0.25) is 0 Å². The zero-order valence-corrected chi connectivity index (χ0v) is 17.1. The largest absolute Gasteiger partial charge is 0.378 e. The molecule has 2 heterocycles. The third kappa shape index (κ3) is 4.96. The molecule has 6 nitrogen and oxygen atoms in total. The zero-order valence-electron chi connectivity index (χ0n) is 16.4. The molecule has 0 amide bonds. The van der Waals surface area contributed by atoms with Crippen LogP contribution < -0.4 is 15.5 Å². The quantitative estimate of drug-likeness (QED) is 0.596. The highest BCUT2D eigenvalue weighted by molar-refractivity contribution is 6.32. The van der Waals surface area contributed by atoms with Gasteiger partial charge >= 0.3 is 0 Å². The number of rotatable bonds is 6. The second kappa shape index (κ2) is 9.11. The van der Waals surface area contributed by atoms with Crippen molar-refractivity contribution < 1.29 is 4.74 Å². The first-order valence-corrected chi connectivity index (χ1v) is 10.2. The number of hydrogen-bond donors (Lipinski definition) is 2. The number of nitrogens with one attached hydrogen (secondary N) is 2. The second-order valence-electron chi connectivity index (χ2n) is 6.84. The van der Waals surface area contributed by atoms with E-state index < -0.39 is 0 Å². The van der Waals surface area contributed by atoms with E-state index in [-0.39, 0.29) is 0 Å². The minimum atomic E-state index is 0.467. The molecule has 3 aromatic rings. The summed E-state index contributed by atoms with van der Waals surface area (Å²) in [7, 11) is 0. The van der Waals surface area contributed by atoms with E-state index in [2.05, 4.69) is 56.7 Å². The highest BCUT2D eigenvalue weighted by Crippen LogP contribution is 2.26. The number of benzene rings is 2. The Morgan fingerprint density at radius 2 is 1.62 bits per heavy atom. The number of nitrogens with zero attached hydrogens (tertiary/aromatic N) is 3. The van der Waals surface area contributed by atoms with E-state index in [1.807, 2.05) is 24.3 Å². The molecule has 2 aromatic carbocycles. The van der Waals surface area contributed by atoms with Gasteiger partial charge in [-0.1, -0.05) is 30.7 Å². The molecule has 1 fully saturated rings. The van der Waals surface area contributed by atoms with Gasteiger partial charge in [0, 0.05) is 30.2 Å². The van der Waals surface area contributed by atoms with Crippen molar-refractivity contribution in [3.05, 3.63) is 65.3 Å². The van der Waals surface area contributed by atoms with Crippen LogP contribution in [0, 0.1) is 0 Å². The predicted octanol–water partition coefficient (Wildman–Crippen LogP) is 5.02. The molecule has 1 aromatic heterocycles. The van der Waals surface area contributed by atoms with Crippen molar-refractivity contribution in [1.29, 1.82) is 0 Å². The summed E-state index contributed by atoms with van der Waals surface area (Å²) in [6, 6.07) is 16.5. The Bertz CT molecular complexity index is 940. The van der Waals surface area contributed by atoms with Gasteiger partial charge in [-0.25, -0.2) is 4.98 Å². The molecule has 1 saturated heterocycles. The predicted molar refractivity (Wildman–Crippen MR) is 119 cm³/mol. The van der Waals surface area contributed by atoms with E-state index in [0.717, 1.165) is 44.1 Å². The minimum Gasteiger partial charge on any atom is -0.378 e. The van der Waals surface area contributed by atoms with Crippen LogP contribution in [0.25, 0.3) is 0 Å². The number of aromatic nitrogens is 2. The van der Waals surface area contributed by atoms with Gasteiger partial charge in [0.25, 0.3) is 0 Å². The molecular weight excluding hydrogens is 386 g/mol. The lowest BCUT2D eigenvalue weighted by molar-refractivity contribution is 0.122. The topological polar surface area (TPSA) is 62.3 Å². The Hall–Kier alpha value is -2.83. The summed E-state index contributed by atoms with van der Waals surface area (Å²) in [5, 5.41) is 6.97. The molecule has 2 N–H and O–H groups in total. The summed E-state index contributed by atoms with van der Waals surface area (Å²) < 4.78 is 5.41. The molecule has 0 aliphatic carbocycles. The first kappa shape index (κ1) is 19.5. The summed E-state index contributed by atoms with van der Waals surface area (Å²) in [5.41, 5.74) is 4.33. The lowest BCUT2D eigenvalue weighted by Gasteiger charge is -2.28. The van der Waals surface area contributed by atoms with Crippen molar-refractivity contribution in [3.8, 4) is 0 Å². The number of anilines is 5. The molecule has 0 unspecified atom stereocenters. The van der Waals surface area contributed by atoms with Gasteiger partial charge in [0.15, 0.2) is 5.82 Å². The van der Waals surface area contributed by atoms with Crippen molar-refractivity contribution in [2.75, 3.05) is 41.8 Å². The van der Waals surface area contributed by atoms with E-state index >= 15 is 0 Å². The molecule has 29 heavy (non-hydrogen) atoms. The van der Waals surface area contributed by atoms with Crippen molar-refractivity contribution in [2.24, 2.45) is 0 Å². The Morgan fingerprint density at radius 1 is 0.966 bits per heavy atom. The molecule has 0 spiro atoms. The molecular formula is C22H24ClN5O. The summed E-state index contributed by atoms with van der Waals surface area (Å²) in [6.45, 7) is 5.51. The number of ether oxygens (including phenoxy) is 1. The Morgan fingerprint density at radius 3 is 2.31 bits per heavy atom. The maximum absolute atomic E-state index is 6.30. The van der Waals surface area contributed by atoms with Crippen LogP contribution in [-0.4, -0.2) is 36.3 Å². The van der Waals surface area contributed by atoms with E-state index in [9.17, 15) is 0 Å². The summed E-state index contributed by atoms with van der Waals surface area (Å²) in [6.07, 6.45) is 2.61. The lowest BCUT2D eigenvalue weighted by atomic mass is 10.1. The van der Waals surface area contributed by atoms with Gasteiger partial charge in [-0.2, -0.15) is 4.98 Å². The van der Waals surface area contributed by atoms with Crippen molar-refractivity contribution in [3.63, 3.8) is 0 Å². The number of aryl methyl sites for hydroxylation is 1. The van der Waals surface area contributed by atoms with Crippen LogP contribution in [0.4, 0.5) is 28.8 Å². The number of morpholine rings is 1. The van der Waals surface area contributed by atoms with E-state index in [0.29, 0.717) is 16.8 Å². The van der Waals surface area contributed by atoms with Crippen LogP contribution in [0.3, 0.4) is 0 Å². The van der Waals surface area contributed by atoms with Gasteiger partial charge in [0.1, 0.15) is 5.02 Å². The maximum Gasteiger partial charge on any atom is 0.229 e. The first-order chi connectivity index (χ1) is 14.2. The molecule has 0 saturated carbocycles. The average molecular weight is 410 g/mol. The molecule has 7 heteroatoms. The zero-order chi connectivity index (χ0) is 20.1. The summed E-state index contributed by atoms with van der Waals surface area (Å²) in [5.74, 6) is 1.06. The van der Waals surface area contributed by atoms with Gasteiger partial charge in [0.2, 0.25) is 5.95 Å².